The van der Waals surface area contributed by atoms with Gasteiger partial charge in [0, 0.05) is 53.8 Å². The summed E-state index contributed by atoms with van der Waals surface area (Å²) < 4.78 is 14.6. The number of hydrogen-bond acceptors (Lipinski definition) is 3. The molecule has 185 valence electrons. The summed E-state index contributed by atoms with van der Waals surface area (Å²) in [5.74, 6) is 0. The van der Waals surface area contributed by atoms with Crippen LogP contribution < -0.4 is 0 Å². The molecule has 33 heavy (non-hydrogen) atoms. The zero-order valence-corrected chi connectivity index (χ0v) is 24.8. The van der Waals surface area contributed by atoms with Crippen LogP contribution in [0, 0.1) is 14.3 Å². The van der Waals surface area contributed by atoms with Gasteiger partial charge < -0.3 is 27.1 Å². The molecule has 0 unspecified atom stereocenters. The van der Waals surface area contributed by atoms with Crippen LogP contribution in [0.15, 0.2) is 37.2 Å². The summed E-state index contributed by atoms with van der Waals surface area (Å²) in [5, 5.41) is 0. The van der Waals surface area contributed by atoms with Crippen LogP contribution in [0.25, 0.3) is 0 Å². The zero-order valence-electron chi connectivity index (χ0n) is 20.6. The van der Waals surface area contributed by atoms with Crippen molar-refractivity contribution in [3.05, 3.63) is 51.5 Å². The van der Waals surface area contributed by atoms with E-state index in [-0.39, 0.29) is 23.7 Å². The van der Waals surface area contributed by atoms with Crippen LogP contribution in [0.2, 0.25) is 0 Å². The molecule has 0 N–H and O–H groups in total. The number of rotatable bonds is 3. The molecule has 0 fully saturated rings. The van der Waals surface area contributed by atoms with E-state index in [0.717, 1.165) is 0 Å². The van der Waals surface area contributed by atoms with E-state index in [1.807, 2.05) is 37.2 Å². The predicted molar refractivity (Wildman–Crippen MR) is 143 cm³/mol. The Bertz CT molecular complexity index is 1120. The first kappa shape index (κ1) is 28.4. The van der Waals surface area contributed by atoms with Crippen LogP contribution in [0.1, 0.15) is 62.3 Å². The number of aromatic nitrogens is 6. The van der Waals surface area contributed by atoms with Crippen LogP contribution in [-0.2, 0) is 31.2 Å². The predicted octanol–water partition coefficient (Wildman–Crippen LogP) is 6.57. The Morgan fingerprint density at radius 3 is 0.909 bits per heavy atom. The Balaban J connectivity index is 0.00000187. The van der Waals surface area contributed by atoms with Crippen molar-refractivity contribution in [3.63, 3.8) is 0 Å². The number of hydrogen-bond donors (Lipinski definition) is 0. The first-order valence-corrected chi connectivity index (χ1v) is 13.2. The van der Waals surface area contributed by atoms with Crippen molar-refractivity contribution in [2.45, 2.75) is 78.9 Å². The van der Waals surface area contributed by atoms with Gasteiger partial charge in [0.25, 0.3) is 0 Å². The van der Waals surface area contributed by atoms with Crippen LogP contribution in [0.4, 0.5) is 0 Å². The van der Waals surface area contributed by atoms with Crippen molar-refractivity contribution in [2.75, 3.05) is 0 Å². The molecule has 6 nitrogen and oxygen atoms in total. The SMILES string of the molecule is CC(C)(C)n1ccn(B(n2ccn(C(C)(C)C)c2=S)n2ccn(C(C)(C)C)c2=S)c1=S.[Cl][Ni]. The first-order valence-electron chi connectivity index (χ1n) is 10.6. The van der Waals surface area contributed by atoms with E-state index in [0.29, 0.717) is 14.3 Å². The molecular weight excluding hydrogens is 537 g/mol. The molecule has 0 radical (unpaired) electrons. The van der Waals surface area contributed by atoms with E-state index in [2.05, 4.69) is 114 Å². The summed E-state index contributed by atoms with van der Waals surface area (Å²) in [5.41, 5.74) is -0.403. The van der Waals surface area contributed by atoms with Crippen LogP contribution in [0.5, 0.6) is 0 Å². The van der Waals surface area contributed by atoms with E-state index in [1.54, 1.807) is 0 Å². The Morgan fingerprint density at radius 2 is 0.758 bits per heavy atom. The van der Waals surface area contributed by atoms with Crippen molar-refractivity contribution in [2.24, 2.45) is 0 Å². The third kappa shape index (κ3) is 5.69. The fourth-order valence-corrected chi connectivity index (χ4v) is 5.10. The van der Waals surface area contributed by atoms with Crippen molar-refractivity contribution >= 4 is 54.0 Å². The quantitative estimate of drug-likeness (QED) is 0.264. The van der Waals surface area contributed by atoms with E-state index < -0.39 is 0 Å². The normalized spacial score (nSPS) is 12.5. The molecule has 3 heterocycles. The Hall–Kier alpha value is -0.862. The maximum atomic E-state index is 5.91. The molecule has 3 rings (SSSR count). The molecule has 0 aliphatic heterocycles. The average Bonchev–Trinajstić information content (AvgIpc) is 3.35. The van der Waals surface area contributed by atoms with Crippen LogP contribution >= 0.6 is 46.8 Å². The molecule has 0 aromatic carbocycles. The van der Waals surface area contributed by atoms with Gasteiger partial charge in [0.15, 0.2) is 14.3 Å². The zero-order chi connectivity index (χ0) is 25.5. The second-order valence-corrected chi connectivity index (χ2v) is 12.0. The van der Waals surface area contributed by atoms with Crippen molar-refractivity contribution in [3.8, 4) is 0 Å². The molecule has 12 heteroatoms. The van der Waals surface area contributed by atoms with Gasteiger partial charge in [-0.3, -0.25) is 0 Å². The molecule has 0 spiro atoms. The van der Waals surface area contributed by atoms with Gasteiger partial charge in [-0.05, 0) is 99.0 Å². The summed E-state index contributed by atoms with van der Waals surface area (Å²) in [6.07, 6.45) is 12.2. The molecule has 0 bridgehead atoms. The average molecular weight is 571 g/mol. The number of imidazole rings is 3. The number of nitrogens with zero attached hydrogens (tertiary/aromatic N) is 6. The van der Waals surface area contributed by atoms with Crippen LogP contribution in [-0.4, -0.2) is 34.3 Å². The first-order chi connectivity index (χ1) is 15.0. The fraction of sp³-hybridized carbons (Fsp3) is 0.571. The molecule has 0 saturated carbocycles. The van der Waals surface area contributed by atoms with Crippen LogP contribution in [0.3, 0.4) is 0 Å². The van der Waals surface area contributed by atoms with Gasteiger partial charge >= 0.3 is 31.9 Å². The number of halogens is 1. The molecule has 0 aliphatic rings. The monoisotopic (exact) mass is 569 g/mol. The summed E-state index contributed by atoms with van der Waals surface area (Å²) in [7, 11) is 3.92. The molecule has 3 aromatic rings. The van der Waals surface area contributed by atoms with Gasteiger partial charge in [-0.1, -0.05) is 0 Å². The van der Waals surface area contributed by atoms with E-state index in [1.165, 1.54) is 0 Å². The standard InChI is InChI=1S/C21H33BN6S3.ClH.Ni/c1-19(2,3)23-10-13-26(16(23)29)22(27-14-11-24(17(27)30)20(4,5)6)28-15-12-25(18(28)31)21(7,8)9;;/h10-15H,1-9H3;1H;/q;;+1/p-1. The van der Waals surface area contributed by atoms with E-state index in [9.17, 15) is 0 Å². The molecule has 0 amide bonds. The third-order valence-corrected chi connectivity index (χ3v) is 6.55. The Morgan fingerprint density at radius 1 is 0.545 bits per heavy atom. The van der Waals surface area contributed by atoms with Gasteiger partial charge in [-0.2, -0.15) is 0 Å². The molecule has 0 aliphatic carbocycles. The van der Waals surface area contributed by atoms with E-state index >= 15 is 0 Å². The third-order valence-electron chi connectivity index (χ3n) is 5.32. The van der Waals surface area contributed by atoms with E-state index in [4.69, 9.17) is 36.7 Å². The summed E-state index contributed by atoms with van der Waals surface area (Å²) in [6, 6.07) is 0. The van der Waals surface area contributed by atoms with Gasteiger partial charge in [-0.15, -0.1) is 0 Å². The summed E-state index contributed by atoms with van der Waals surface area (Å²) >= 11 is 21.1. The molecule has 0 saturated heterocycles. The summed E-state index contributed by atoms with van der Waals surface area (Å²) in [4.78, 5) is 0. The van der Waals surface area contributed by atoms with Crippen molar-refractivity contribution in [1.29, 1.82) is 0 Å². The topological polar surface area (TPSA) is 29.6 Å². The van der Waals surface area contributed by atoms with Gasteiger partial charge in [0.2, 0.25) is 0 Å². The van der Waals surface area contributed by atoms with Gasteiger partial charge in [0.1, 0.15) is 0 Å². The minimum atomic E-state index is -0.344. The van der Waals surface area contributed by atoms with Crippen molar-refractivity contribution < 1.29 is 14.6 Å². The minimum absolute atomic E-state index is 0.134. The van der Waals surface area contributed by atoms with Crippen molar-refractivity contribution in [1.82, 2.24) is 27.1 Å². The summed E-state index contributed by atoms with van der Waals surface area (Å²) in [6.45, 7) is 19.3. The maximum absolute atomic E-state index is 5.91. The second kappa shape index (κ2) is 10.0. The Labute approximate surface area is 225 Å². The van der Waals surface area contributed by atoms with Gasteiger partial charge in [-0.25, -0.2) is 0 Å². The Kier molecular flexibility index (Phi) is 8.61. The molecule has 3 aromatic heterocycles. The fourth-order valence-electron chi connectivity index (χ4n) is 3.63. The molecule has 0 atom stereocenters. The molecular formula is C21H33BClN6NiS3. The van der Waals surface area contributed by atoms with Gasteiger partial charge in [0.05, 0.1) is 0 Å². The second-order valence-electron chi connectivity index (χ2n) is 10.9.